The topological polar surface area (TPSA) is 80.2 Å². The predicted molar refractivity (Wildman–Crippen MR) is 120 cm³/mol. The molecule has 170 valence electrons. The smallest absolute Gasteiger partial charge is 0.322 e. The van der Waals surface area contributed by atoms with Gasteiger partial charge in [-0.05, 0) is 48.0 Å². The normalized spacial score (nSPS) is 14.9. The fourth-order valence-electron chi connectivity index (χ4n) is 3.89. The molecule has 1 aliphatic rings. The van der Waals surface area contributed by atoms with Crippen LogP contribution < -0.4 is 10.1 Å². The van der Waals surface area contributed by atoms with Crippen LogP contribution in [0.15, 0.2) is 79.3 Å². The Morgan fingerprint density at radius 2 is 1.62 bits per heavy atom. The molecule has 9 heteroatoms. The highest BCUT2D eigenvalue weighted by atomic mass is 19.1. The summed E-state index contributed by atoms with van der Waals surface area (Å²) in [6, 6.07) is 14.6. The van der Waals surface area contributed by atoms with E-state index in [0.717, 1.165) is 16.8 Å². The predicted octanol–water partition coefficient (Wildman–Crippen LogP) is 5.12. The van der Waals surface area contributed by atoms with Crippen molar-refractivity contribution in [3.8, 4) is 11.8 Å². The van der Waals surface area contributed by atoms with E-state index in [1.807, 2.05) is 12.1 Å². The molecule has 0 bridgehead atoms. The number of hydrogen-bond donors (Lipinski definition) is 1. The van der Waals surface area contributed by atoms with Gasteiger partial charge in [0, 0.05) is 30.4 Å². The van der Waals surface area contributed by atoms with Gasteiger partial charge in [-0.1, -0.05) is 18.2 Å². The molecule has 7 nitrogen and oxygen atoms in total. The van der Waals surface area contributed by atoms with Gasteiger partial charge in [0.1, 0.15) is 17.4 Å². The number of carbonyl (C=O) groups is 1. The average molecular weight is 459 g/mol. The third-order valence-electron chi connectivity index (χ3n) is 5.47. The molecule has 1 atom stereocenters. The summed E-state index contributed by atoms with van der Waals surface area (Å²) in [6.45, 7) is 0.435. The number of pyridine rings is 1. The van der Waals surface area contributed by atoms with Crippen molar-refractivity contribution in [2.45, 2.75) is 12.5 Å². The molecule has 1 aliphatic heterocycles. The first-order valence-electron chi connectivity index (χ1n) is 10.6. The summed E-state index contributed by atoms with van der Waals surface area (Å²) >= 11 is 0. The Morgan fingerprint density at radius 1 is 0.941 bits per heavy atom. The van der Waals surface area contributed by atoms with Crippen molar-refractivity contribution in [1.29, 1.82) is 0 Å². The number of rotatable bonds is 4. The van der Waals surface area contributed by atoms with Crippen molar-refractivity contribution >= 4 is 11.7 Å². The van der Waals surface area contributed by atoms with Gasteiger partial charge in [-0.3, -0.25) is 4.98 Å². The summed E-state index contributed by atoms with van der Waals surface area (Å²) in [7, 11) is 0. The molecule has 1 N–H and O–H groups in total. The minimum absolute atomic E-state index is 0.0618. The lowest BCUT2D eigenvalue weighted by atomic mass is 9.91. The van der Waals surface area contributed by atoms with Gasteiger partial charge in [-0.2, -0.15) is 0 Å². The van der Waals surface area contributed by atoms with E-state index in [2.05, 4.69) is 20.3 Å². The second-order valence-corrected chi connectivity index (χ2v) is 7.68. The van der Waals surface area contributed by atoms with Gasteiger partial charge < -0.3 is 15.0 Å². The van der Waals surface area contributed by atoms with Crippen LogP contribution in [0.2, 0.25) is 0 Å². The van der Waals surface area contributed by atoms with E-state index in [9.17, 15) is 13.6 Å². The number of ether oxygens (including phenoxy) is 1. The second-order valence-electron chi connectivity index (χ2n) is 7.68. The maximum atomic E-state index is 13.5. The number of nitrogens with one attached hydrogen (secondary N) is 1. The molecule has 2 amide bonds. The van der Waals surface area contributed by atoms with Crippen molar-refractivity contribution in [3.63, 3.8) is 0 Å². The number of fused-ring (bicyclic) bond motifs is 1. The number of amides is 2. The Balaban J connectivity index is 1.34. The lowest BCUT2D eigenvalue weighted by molar-refractivity contribution is 0.193. The number of aromatic nitrogens is 3. The van der Waals surface area contributed by atoms with Gasteiger partial charge in [0.25, 0.3) is 0 Å². The van der Waals surface area contributed by atoms with E-state index in [-0.39, 0.29) is 23.7 Å². The maximum absolute atomic E-state index is 13.5. The van der Waals surface area contributed by atoms with Gasteiger partial charge in [-0.15, -0.1) is 0 Å². The van der Waals surface area contributed by atoms with Crippen LogP contribution in [-0.2, 0) is 6.42 Å². The largest absolute Gasteiger partial charge is 0.424 e. The van der Waals surface area contributed by atoms with E-state index in [0.29, 0.717) is 24.4 Å². The summed E-state index contributed by atoms with van der Waals surface area (Å²) in [5.74, 6) is -0.329. The van der Waals surface area contributed by atoms with Crippen molar-refractivity contribution in [2.24, 2.45) is 0 Å². The van der Waals surface area contributed by atoms with Crippen LogP contribution in [0.4, 0.5) is 19.3 Å². The molecule has 2 aromatic carbocycles. The summed E-state index contributed by atoms with van der Waals surface area (Å²) < 4.78 is 32.1. The van der Waals surface area contributed by atoms with Crippen LogP contribution in [0.3, 0.4) is 0 Å². The highest BCUT2D eigenvalue weighted by molar-refractivity contribution is 5.89. The summed E-state index contributed by atoms with van der Waals surface area (Å²) in [6.07, 6.45) is 5.18. The Morgan fingerprint density at radius 3 is 2.32 bits per heavy atom. The molecule has 0 aliphatic carbocycles. The Kier molecular flexibility index (Phi) is 5.82. The minimum Gasteiger partial charge on any atom is -0.424 e. The van der Waals surface area contributed by atoms with E-state index < -0.39 is 6.04 Å². The molecule has 4 aromatic rings. The van der Waals surface area contributed by atoms with Crippen molar-refractivity contribution in [1.82, 2.24) is 19.9 Å². The fourth-order valence-corrected chi connectivity index (χ4v) is 3.89. The molecule has 2 aromatic heterocycles. The first-order chi connectivity index (χ1) is 16.6. The van der Waals surface area contributed by atoms with E-state index in [4.69, 9.17) is 4.74 Å². The Hall–Kier alpha value is -4.40. The molecule has 5 rings (SSSR count). The zero-order valence-corrected chi connectivity index (χ0v) is 17.9. The average Bonchev–Trinajstić information content (AvgIpc) is 2.86. The molecule has 1 unspecified atom stereocenters. The number of anilines is 1. The van der Waals surface area contributed by atoms with Crippen LogP contribution in [0.5, 0.6) is 11.8 Å². The monoisotopic (exact) mass is 459 g/mol. The van der Waals surface area contributed by atoms with Crippen LogP contribution in [0, 0.1) is 11.6 Å². The molecule has 34 heavy (non-hydrogen) atoms. The molecule has 0 saturated carbocycles. The first kappa shape index (κ1) is 21.4. The molecular formula is C25H19F2N5O2. The van der Waals surface area contributed by atoms with Gasteiger partial charge in [0.05, 0.1) is 24.1 Å². The number of carbonyl (C=O) groups excluding carboxylic acids is 1. The van der Waals surface area contributed by atoms with Gasteiger partial charge in [-0.25, -0.2) is 23.5 Å². The van der Waals surface area contributed by atoms with Crippen LogP contribution >= 0.6 is 0 Å². The second kappa shape index (κ2) is 9.22. The number of urea groups is 1. The molecule has 0 saturated heterocycles. The highest BCUT2D eigenvalue weighted by Crippen LogP contribution is 2.34. The van der Waals surface area contributed by atoms with Crippen molar-refractivity contribution in [3.05, 3.63) is 108 Å². The SMILES string of the molecule is O=C(Nc1cnc(Oc2ccc(F)cc2)nc1)N1CCc2ncccc2C1c1ccc(F)cc1. The first-order valence-corrected chi connectivity index (χ1v) is 10.6. The van der Waals surface area contributed by atoms with Crippen molar-refractivity contribution < 1.29 is 18.3 Å². The summed E-state index contributed by atoms with van der Waals surface area (Å²) in [5, 5.41) is 2.81. The zero-order valence-electron chi connectivity index (χ0n) is 17.9. The van der Waals surface area contributed by atoms with Gasteiger partial charge in [0.15, 0.2) is 0 Å². The Labute approximate surface area is 194 Å². The number of halogens is 2. The fraction of sp³-hybridized carbons (Fsp3) is 0.120. The molecule has 0 radical (unpaired) electrons. The molecule has 0 fully saturated rings. The third-order valence-corrected chi connectivity index (χ3v) is 5.47. The highest BCUT2D eigenvalue weighted by Gasteiger charge is 2.32. The van der Waals surface area contributed by atoms with Crippen LogP contribution in [-0.4, -0.2) is 32.4 Å². The van der Waals surface area contributed by atoms with Crippen molar-refractivity contribution in [2.75, 3.05) is 11.9 Å². The number of benzene rings is 2. The third kappa shape index (κ3) is 4.54. The molecule has 0 spiro atoms. The van der Waals surface area contributed by atoms with Crippen LogP contribution in [0.25, 0.3) is 0 Å². The maximum Gasteiger partial charge on any atom is 0.322 e. The van der Waals surface area contributed by atoms with Gasteiger partial charge in [0.2, 0.25) is 0 Å². The van der Waals surface area contributed by atoms with E-state index in [1.165, 1.54) is 48.8 Å². The standard InChI is InChI=1S/C25H19F2N5O2/c26-17-5-3-16(4-6-17)23-21-2-1-12-28-22(21)11-13-32(23)25(33)31-19-14-29-24(30-15-19)34-20-9-7-18(27)8-10-20/h1-10,12,14-15,23H,11,13H2,(H,31,33). The number of hydrogen-bond acceptors (Lipinski definition) is 5. The quantitative estimate of drug-likeness (QED) is 0.458. The number of nitrogens with zero attached hydrogens (tertiary/aromatic N) is 4. The summed E-state index contributed by atoms with van der Waals surface area (Å²) in [5.41, 5.74) is 2.97. The lowest BCUT2D eigenvalue weighted by Gasteiger charge is -2.37. The van der Waals surface area contributed by atoms with E-state index >= 15 is 0 Å². The van der Waals surface area contributed by atoms with E-state index in [1.54, 1.807) is 23.2 Å². The molecule has 3 heterocycles. The Bertz CT molecular complexity index is 1300. The molecular weight excluding hydrogens is 440 g/mol. The van der Waals surface area contributed by atoms with Crippen LogP contribution in [0.1, 0.15) is 22.9 Å². The lowest BCUT2D eigenvalue weighted by Crippen LogP contribution is -2.43. The summed E-state index contributed by atoms with van der Waals surface area (Å²) in [4.78, 5) is 27.6. The van der Waals surface area contributed by atoms with Gasteiger partial charge >= 0.3 is 12.0 Å². The minimum atomic E-state index is -0.417. The zero-order chi connectivity index (χ0) is 23.5.